The van der Waals surface area contributed by atoms with Crippen molar-refractivity contribution in [2.45, 2.75) is 37.5 Å². The molecule has 21 heavy (non-hydrogen) atoms. The molecule has 1 atom stereocenters. The van der Waals surface area contributed by atoms with Gasteiger partial charge < -0.3 is 5.73 Å². The van der Waals surface area contributed by atoms with E-state index in [2.05, 4.69) is 5.10 Å². The summed E-state index contributed by atoms with van der Waals surface area (Å²) < 4.78 is 41.5. The van der Waals surface area contributed by atoms with Crippen LogP contribution in [0.5, 0.6) is 0 Å². The van der Waals surface area contributed by atoms with Crippen LogP contribution in [0.1, 0.15) is 25.2 Å². The third kappa shape index (κ3) is 3.29. The van der Waals surface area contributed by atoms with E-state index in [1.807, 2.05) is 19.9 Å². The number of halogens is 2. The molecular formula is C14H17F2N3OS. The molecule has 0 fully saturated rings. The molecule has 0 aliphatic heterocycles. The van der Waals surface area contributed by atoms with Crippen molar-refractivity contribution in [1.29, 1.82) is 0 Å². The lowest BCUT2D eigenvalue weighted by atomic mass is 10.3. The number of aryl methyl sites for hydroxylation is 2. The number of nitrogens with zero attached hydrogens (tertiary/aromatic N) is 2. The lowest BCUT2D eigenvalue weighted by Gasteiger charge is -2.07. The molecule has 2 rings (SSSR count). The largest absolute Gasteiger partial charge is 0.399 e. The first-order chi connectivity index (χ1) is 9.96. The maximum absolute atomic E-state index is 13.8. The number of rotatable bonds is 5. The Morgan fingerprint density at radius 3 is 2.38 bits per heavy atom. The molecule has 0 bridgehead atoms. The van der Waals surface area contributed by atoms with E-state index in [0.29, 0.717) is 12.2 Å². The van der Waals surface area contributed by atoms with Crippen LogP contribution in [0.25, 0.3) is 0 Å². The highest BCUT2D eigenvalue weighted by atomic mass is 32.2. The van der Waals surface area contributed by atoms with Gasteiger partial charge in [0.25, 0.3) is 0 Å². The monoisotopic (exact) mass is 313 g/mol. The van der Waals surface area contributed by atoms with Gasteiger partial charge in [0.15, 0.2) is 0 Å². The van der Waals surface area contributed by atoms with Crippen molar-refractivity contribution >= 4 is 16.5 Å². The Labute approximate surface area is 124 Å². The number of benzene rings is 1. The quantitative estimate of drug-likeness (QED) is 0.863. The summed E-state index contributed by atoms with van der Waals surface area (Å²) in [6, 6.07) is 3.77. The summed E-state index contributed by atoms with van der Waals surface area (Å²) in [5, 5.41) is 4.33. The number of aromatic nitrogens is 2. The molecule has 0 saturated carbocycles. The van der Waals surface area contributed by atoms with Gasteiger partial charge in [-0.05, 0) is 31.5 Å². The maximum Gasteiger partial charge on any atom is 0.144 e. The minimum atomic E-state index is -1.83. The van der Waals surface area contributed by atoms with Crippen molar-refractivity contribution in [2.24, 2.45) is 0 Å². The topological polar surface area (TPSA) is 60.9 Å². The highest BCUT2D eigenvalue weighted by Gasteiger charge is 2.19. The molecule has 0 saturated heterocycles. The summed E-state index contributed by atoms with van der Waals surface area (Å²) in [7, 11) is -1.83. The summed E-state index contributed by atoms with van der Waals surface area (Å²) in [4.78, 5) is -0.439. The fraction of sp³-hybridized carbons (Fsp3) is 0.357. The summed E-state index contributed by atoms with van der Waals surface area (Å²) in [5.74, 6) is -1.76. The van der Waals surface area contributed by atoms with Gasteiger partial charge in [0.2, 0.25) is 0 Å². The molecule has 0 spiro atoms. The zero-order chi connectivity index (χ0) is 15.6. The number of hydrogen-bond donors (Lipinski definition) is 1. The Kier molecular flexibility index (Phi) is 4.72. The van der Waals surface area contributed by atoms with Crippen LogP contribution in [0, 0.1) is 11.6 Å². The van der Waals surface area contributed by atoms with Crippen LogP contribution in [-0.2, 0) is 29.5 Å². The van der Waals surface area contributed by atoms with Crippen LogP contribution >= 0.6 is 0 Å². The van der Waals surface area contributed by atoms with Gasteiger partial charge in [0, 0.05) is 12.2 Å². The van der Waals surface area contributed by atoms with Gasteiger partial charge in [0.05, 0.1) is 27.9 Å². The zero-order valence-electron chi connectivity index (χ0n) is 11.9. The molecule has 0 radical (unpaired) electrons. The third-order valence-corrected chi connectivity index (χ3v) is 4.51. The average molecular weight is 313 g/mol. The highest BCUT2D eigenvalue weighted by molar-refractivity contribution is 7.84. The van der Waals surface area contributed by atoms with Crippen LogP contribution in [0.3, 0.4) is 0 Å². The molecule has 4 nitrogen and oxygen atoms in total. The second kappa shape index (κ2) is 6.34. The second-order valence-corrected chi connectivity index (χ2v) is 5.99. The molecule has 7 heteroatoms. The van der Waals surface area contributed by atoms with E-state index >= 15 is 0 Å². The smallest absolute Gasteiger partial charge is 0.144 e. The Balaban J connectivity index is 2.32. The standard InChI is InChI=1S/C14H17F2N3OS/c1-3-10-7-11(19(4-2)18-10)8-21(20)14-12(15)5-9(17)6-13(14)16/h5-7H,3-4,8,17H2,1-2H3. The van der Waals surface area contributed by atoms with Crippen molar-refractivity contribution in [2.75, 3.05) is 5.73 Å². The second-order valence-electron chi connectivity index (χ2n) is 4.60. The zero-order valence-corrected chi connectivity index (χ0v) is 12.7. The van der Waals surface area contributed by atoms with Gasteiger partial charge in [-0.3, -0.25) is 8.89 Å². The van der Waals surface area contributed by atoms with E-state index in [9.17, 15) is 13.0 Å². The van der Waals surface area contributed by atoms with E-state index in [1.165, 1.54) is 0 Å². The van der Waals surface area contributed by atoms with Gasteiger partial charge in [0.1, 0.15) is 16.5 Å². The SMILES string of the molecule is CCc1cc(CS(=O)c2c(F)cc(N)cc2F)n(CC)n1. The minimum Gasteiger partial charge on any atom is -0.399 e. The highest BCUT2D eigenvalue weighted by Crippen LogP contribution is 2.22. The predicted octanol–water partition coefficient (Wildman–Crippen LogP) is 2.63. The van der Waals surface area contributed by atoms with Crippen molar-refractivity contribution in [3.8, 4) is 0 Å². The molecule has 1 heterocycles. The molecule has 1 aromatic carbocycles. The van der Waals surface area contributed by atoms with E-state index in [1.54, 1.807) is 4.68 Å². The van der Waals surface area contributed by atoms with Crippen LogP contribution in [0.4, 0.5) is 14.5 Å². The summed E-state index contributed by atoms with van der Waals surface area (Å²) in [6.45, 7) is 4.48. The van der Waals surface area contributed by atoms with Gasteiger partial charge in [-0.1, -0.05) is 6.92 Å². The van der Waals surface area contributed by atoms with E-state index in [-0.39, 0.29) is 11.4 Å². The van der Waals surface area contributed by atoms with E-state index in [0.717, 1.165) is 24.2 Å². The Hall–Kier alpha value is -1.76. The lowest BCUT2D eigenvalue weighted by Crippen LogP contribution is -2.08. The normalized spacial score (nSPS) is 12.6. The van der Waals surface area contributed by atoms with Crippen LogP contribution < -0.4 is 5.73 Å². The lowest BCUT2D eigenvalue weighted by molar-refractivity contribution is 0.535. The summed E-state index contributed by atoms with van der Waals surface area (Å²) in [5.41, 5.74) is 6.89. The minimum absolute atomic E-state index is 0.0125. The van der Waals surface area contributed by atoms with Gasteiger partial charge in [-0.2, -0.15) is 5.10 Å². The number of hydrogen-bond acceptors (Lipinski definition) is 3. The molecule has 0 amide bonds. The van der Waals surface area contributed by atoms with E-state index in [4.69, 9.17) is 5.73 Å². The first-order valence-corrected chi connectivity index (χ1v) is 7.96. The first-order valence-electron chi connectivity index (χ1n) is 6.64. The maximum atomic E-state index is 13.8. The van der Waals surface area contributed by atoms with Gasteiger partial charge >= 0.3 is 0 Å². The third-order valence-electron chi connectivity index (χ3n) is 3.10. The van der Waals surface area contributed by atoms with Gasteiger partial charge in [-0.25, -0.2) is 8.78 Å². The molecule has 114 valence electrons. The number of anilines is 1. The number of nitrogen functional groups attached to an aromatic ring is 1. The van der Waals surface area contributed by atoms with Crippen LogP contribution in [0.2, 0.25) is 0 Å². The molecule has 1 unspecified atom stereocenters. The predicted molar refractivity (Wildman–Crippen MR) is 78.2 cm³/mol. The van der Waals surface area contributed by atoms with Crippen molar-refractivity contribution in [3.05, 3.63) is 41.2 Å². The van der Waals surface area contributed by atoms with Gasteiger partial charge in [-0.15, -0.1) is 0 Å². The number of nitrogens with two attached hydrogens (primary N) is 1. The Morgan fingerprint density at radius 2 is 1.86 bits per heavy atom. The summed E-state index contributed by atoms with van der Waals surface area (Å²) >= 11 is 0. The van der Waals surface area contributed by atoms with Crippen LogP contribution in [-0.4, -0.2) is 14.0 Å². The fourth-order valence-electron chi connectivity index (χ4n) is 2.08. The Morgan fingerprint density at radius 1 is 1.24 bits per heavy atom. The molecule has 0 aliphatic carbocycles. The fourth-order valence-corrected chi connectivity index (χ4v) is 3.28. The van der Waals surface area contributed by atoms with Crippen molar-refractivity contribution in [1.82, 2.24) is 9.78 Å². The molecule has 2 N–H and O–H groups in total. The van der Waals surface area contributed by atoms with Crippen LogP contribution in [0.15, 0.2) is 23.1 Å². The van der Waals surface area contributed by atoms with Crippen molar-refractivity contribution < 1.29 is 13.0 Å². The molecular weight excluding hydrogens is 296 g/mol. The van der Waals surface area contributed by atoms with E-state index < -0.39 is 27.3 Å². The molecule has 0 aliphatic rings. The summed E-state index contributed by atoms with van der Waals surface area (Å²) in [6.07, 6.45) is 0.747. The first kappa shape index (κ1) is 15.6. The molecule has 1 aromatic heterocycles. The average Bonchev–Trinajstić information content (AvgIpc) is 2.79. The van der Waals surface area contributed by atoms with Crippen molar-refractivity contribution in [3.63, 3.8) is 0 Å². The molecule has 2 aromatic rings. The Bertz CT molecular complexity index is 662.